The fourth-order valence-corrected chi connectivity index (χ4v) is 2.90. The second-order valence-corrected chi connectivity index (χ2v) is 7.45. The number of aliphatic hydroxyl groups is 3. The van der Waals surface area contributed by atoms with Crippen molar-refractivity contribution < 1.29 is 29.7 Å². The highest BCUT2D eigenvalue weighted by molar-refractivity contribution is 5.98. The largest absolute Gasteiger partial charge is 0.396 e. The summed E-state index contributed by atoms with van der Waals surface area (Å²) >= 11 is 0. The number of amides is 2. The molecule has 0 saturated carbocycles. The van der Waals surface area contributed by atoms with Crippen LogP contribution in [0.4, 0.5) is 5.69 Å². The number of nitrogens with one attached hydrogen (secondary N) is 2. The maximum absolute atomic E-state index is 12.3. The monoisotopic (exact) mass is 452 g/mol. The number of anilines is 1. The van der Waals surface area contributed by atoms with Crippen molar-refractivity contribution >= 4 is 23.3 Å². The van der Waals surface area contributed by atoms with Gasteiger partial charge in [-0.25, -0.2) is 0 Å². The van der Waals surface area contributed by atoms with Crippen LogP contribution in [0.25, 0.3) is 0 Å². The van der Waals surface area contributed by atoms with Crippen LogP contribution >= 0.6 is 0 Å². The Labute approximate surface area is 192 Å². The lowest BCUT2D eigenvalue weighted by molar-refractivity contribution is -0.126. The Morgan fingerprint density at radius 3 is 2.00 bits per heavy atom. The summed E-state index contributed by atoms with van der Waals surface area (Å²) < 4.78 is 0. The van der Waals surface area contributed by atoms with E-state index in [2.05, 4.69) is 22.5 Å². The van der Waals surface area contributed by atoms with Crippen LogP contribution in [0.15, 0.2) is 48.5 Å². The van der Waals surface area contributed by atoms with E-state index in [1.807, 2.05) is 0 Å². The van der Waals surface area contributed by atoms with Crippen LogP contribution < -0.4 is 10.6 Å². The van der Waals surface area contributed by atoms with Crippen LogP contribution in [-0.4, -0.2) is 58.3 Å². The molecule has 2 aromatic rings. The average Bonchev–Trinajstić information content (AvgIpc) is 2.81. The molecule has 2 amide bonds. The first-order valence-corrected chi connectivity index (χ1v) is 10.6. The fraction of sp³-hybridized carbons (Fsp3) is 0.320. The van der Waals surface area contributed by atoms with Crippen molar-refractivity contribution in [3.05, 3.63) is 65.2 Å². The number of rotatable bonds is 10. The van der Waals surface area contributed by atoms with Crippen LogP contribution in [0.3, 0.4) is 0 Å². The summed E-state index contributed by atoms with van der Waals surface area (Å²) in [5.74, 6) is 4.67. The van der Waals surface area contributed by atoms with Gasteiger partial charge in [0.2, 0.25) is 5.91 Å². The number of carbonyl (C=O) groups excluding carboxylic acids is 3. The number of unbranched alkanes of at least 4 members (excludes halogenated alkanes) is 1. The minimum absolute atomic E-state index is 0.0751. The van der Waals surface area contributed by atoms with Gasteiger partial charge in [-0.1, -0.05) is 11.8 Å². The SMILES string of the molecule is C[C@@H](O)[C@H](NC(=O)c1ccc(C#Cc2ccc(NC(=O)CCCCO)cc2)cc1)C(=O)CO. The minimum atomic E-state index is -1.18. The maximum atomic E-state index is 12.3. The number of ketones is 1. The number of aliphatic hydroxyl groups excluding tert-OH is 3. The fourth-order valence-electron chi connectivity index (χ4n) is 2.90. The van der Waals surface area contributed by atoms with Crippen molar-refractivity contribution in [2.24, 2.45) is 0 Å². The molecular weight excluding hydrogens is 424 g/mol. The molecular formula is C25H28N2O6. The van der Waals surface area contributed by atoms with E-state index in [-0.39, 0.29) is 18.1 Å². The molecule has 0 aliphatic rings. The normalized spacial score (nSPS) is 12.1. The highest BCUT2D eigenvalue weighted by Gasteiger charge is 2.25. The third-order valence-electron chi connectivity index (χ3n) is 4.75. The van der Waals surface area contributed by atoms with E-state index in [4.69, 9.17) is 10.2 Å². The van der Waals surface area contributed by atoms with Crippen molar-refractivity contribution in [1.82, 2.24) is 5.32 Å². The molecule has 0 spiro atoms. The van der Waals surface area contributed by atoms with Gasteiger partial charge in [-0.3, -0.25) is 14.4 Å². The lowest BCUT2D eigenvalue weighted by Crippen LogP contribution is -2.48. The molecule has 8 heteroatoms. The Bertz CT molecular complexity index is 1000. The molecule has 8 nitrogen and oxygen atoms in total. The van der Waals surface area contributed by atoms with Gasteiger partial charge >= 0.3 is 0 Å². The summed E-state index contributed by atoms with van der Waals surface area (Å²) in [6, 6.07) is 12.3. The zero-order valence-electron chi connectivity index (χ0n) is 18.4. The lowest BCUT2D eigenvalue weighted by Gasteiger charge is -2.19. The van der Waals surface area contributed by atoms with E-state index >= 15 is 0 Å². The van der Waals surface area contributed by atoms with Crippen LogP contribution in [0.2, 0.25) is 0 Å². The highest BCUT2D eigenvalue weighted by Crippen LogP contribution is 2.11. The Morgan fingerprint density at radius 1 is 0.909 bits per heavy atom. The Hall–Kier alpha value is -3.51. The molecule has 0 heterocycles. The van der Waals surface area contributed by atoms with Crippen molar-refractivity contribution in [1.29, 1.82) is 0 Å². The average molecular weight is 453 g/mol. The minimum Gasteiger partial charge on any atom is -0.396 e. The molecule has 0 fully saturated rings. The molecule has 0 aromatic heterocycles. The van der Waals surface area contributed by atoms with Gasteiger partial charge in [0, 0.05) is 35.4 Å². The van der Waals surface area contributed by atoms with E-state index in [1.165, 1.54) is 6.92 Å². The lowest BCUT2D eigenvalue weighted by atomic mass is 10.1. The number of Topliss-reactive ketones (excluding diaryl/α,β-unsaturated/α-hetero) is 1. The molecule has 2 rings (SSSR count). The number of benzene rings is 2. The van der Waals surface area contributed by atoms with Crippen LogP contribution in [0.5, 0.6) is 0 Å². The van der Waals surface area contributed by atoms with Gasteiger partial charge in [0.25, 0.3) is 5.91 Å². The van der Waals surface area contributed by atoms with Crippen molar-refractivity contribution in [2.45, 2.75) is 38.3 Å². The van der Waals surface area contributed by atoms with E-state index in [9.17, 15) is 19.5 Å². The van der Waals surface area contributed by atoms with Gasteiger partial charge < -0.3 is 26.0 Å². The van der Waals surface area contributed by atoms with Gasteiger partial charge in [0.05, 0.1) is 6.10 Å². The van der Waals surface area contributed by atoms with E-state index < -0.39 is 30.4 Å². The van der Waals surface area contributed by atoms with Crippen LogP contribution in [0, 0.1) is 11.8 Å². The zero-order valence-corrected chi connectivity index (χ0v) is 18.4. The van der Waals surface area contributed by atoms with Crippen LogP contribution in [-0.2, 0) is 9.59 Å². The molecule has 0 saturated heterocycles. The predicted octanol–water partition coefficient (Wildman–Crippen LogP) is 1.23. The molecule has 0 radical (unpaired) electrons. The quantitative estimate of drug-likeness (QED) is 0.272. The first-order chi connectivity index (χ1) is 15.8. The van der Waals surface area contributed by atoms with Crippen molar-refractivity contribution in [2.75, 3.05) is 18.5 Å². The maximum Gasteiger partial charge on any atom is 0.251 e. The van der Waals surface area contributed by atoms with Crippen LogP contribution in [0.1, 0.15) is 47.7 Å². The third-order valence-corrected chi connectivity index (χ3v) is 4.75. The summed E-state index contributed by atoms with van der Waals surface area (Å²) in [4.78, 5) is 35.8. The summed E-state index contributed by atoms with van der Waals surface area (Å²) in [6.07, 6.45) is 0.450. The number of hydrogen-bond donors (Lipinski definition) is 5. The van der Waals surface area contributed by atoms with Gasteiger partial charge in [-0.2, -0.15) is 0 Å². The molecule has 33 heavy (non-hydrogen) atoms. The number of carbonyl (C=O) groups is 3. The van der Waals surface area contributed by atoms with Crippen molar-refractivity contribution in [3.8, 4) is 11.8 Å². The third kappa shape index (κ3) is 8.50. The summed E-state index contributed by atoms with van der Waals surface area (Å²) in [5, 5.41) is 32.6. The summed E-state index contributed by atoms with van der Waals surface area (Å²) in [5.41, 5.74) is 2.37. The number of hydrogen-bond acceptors (Lipinski definition) is 6. The molecule has 174 valence electrons. The standard InChI is InChI=1S/C25H28N2O6/c1-17(30)24(22(31)16-29)27-25(33)20-11-7-18(8-12-20)5-6-19-9-13-21(14-10-19)26-23(32)4-2-3-15-28/h7-14,17,24,28-30H,2-4,15-16H2,1H3,(H,26,32)(H,27,33)/t17-,24+/m1/s1. The molecule has 0 aliphatic carbocycles. The topological polar surface area (TPSA) is 136 Å². The second-order valence-electron chi connectivity index (χ2n) is 7.45. The molecule has 2 atom stereocenters. The van der Waals surface area contributed by atoms with Crippen molar-refractivity contribution in [3.63, 3.8) is 0 Å². The van der Waals surface area contributed by atoms with E-state index in [0.29, 0.717) is 30.5 Å². The molecule has 0 aliphatic heterocycles. The first-order valence-electron chi connectivity index (χ1n) is 10.6. The zero-order chi connectivity index (χ0) is 24.2. The van der Waals surface area contributed by atoms with E-state index in [1.54, 1.807) is 48.5 Å². The van der Waals surface area contributed by atoms with Gasteiger partial charge in [0.1, 0.15) is 12.6 Å². The molecule has 2 aromatic carbocycles. The smallest absolute Gasteiger partial charge is 0.251 e. The van der Waals surface area contributed by atoms with Gasteiger partial charge in [-0.05, 0) is 68.3 Å². The highest BCUT2D eigenvalue weighted by atomic mass is 16.3. The first kappa shape index (κ1) is 25.7. The Balaban J connectivity index is 1.96. The van der Waals surface area contributed by atoms with Gasteiger partial charge in [-0.15, -0.1) is 0 Å². The van der Waals surface area contributed by atoms with E-state index in [0.717, 1.165) is 5.56 Å². The summed E-state index contributed by atoms with van der Waals surface area (Å²) in [6.45, 7) is 0.658. The Morgan fingerprint density at radius 2 is 1.48 bits per heavy atom. The molecule has 5 N–H and O–H groups in total. The van der Waals surface area contributed by atoms with Gasteiger partial charge in [0.15, 0.2) is 5.78 Å². The Kier molecular flexibility index (Phi) is 10.2. The second kappa shape index (κ2) is 13.1. The molecule has 0 unspecified atom stereocenters. The predicted molar refractivity (Wildman–Crippen MR) is 123 cm³/mol. The summed E-state index contributed by atoms with van der Waals surface area (Å²) in [7, 11) is 0. The molecule has 0 bridgehead atoms.